The third-order valence-electron chi connectivity index (χ3n) is 2.02. The molecule has 0 saturated carbocycles. The Bertz CT molecular complexity index is 588. The Morgan fingerprint density at radius 2 is 2.33 bits per heavy atom. The van der Waals surface area contributed by atoms with Crippen molar-refractivity contribution in [3.8, 4) is 11.3 Å². The molecule has 0 aliphatic rings. The van der Waals surface area contributed by atoms with Gasteiger partial charge in [-0.05, 0) is 34.1 Å². The Labute approximate surface area is 119 Å². The van der Waals surface area contributed by atoms with Crippen LogP contribution >= 0.6 is 39.0 Å². The summed E-state index contributed by atoms with van der Waals surface area (Å²) in [7, 11) is 0. The van der Waals surface area contributed by atoms with Gasteiger partial charge in [0.15, 0.2) is 4.34 Å². The minimum absolute atomic E-state index is 0.0138. The van der Waals surface area contributed by atoms with Crippen LogP contribution < -0.4 is 0 Å². The zero-order valence-corrected chi connectivity index (χ0v) is 12.1. The molecule has 3 nitrogen and oxygen atoms in total. The molecule has 1 aromatic heterocycles. The first-order chi connectivity index (χ1) is 8.56. The van der Waals surface area contributed by atoms with Crippen molar-refractivity contribution in [2.75, 3.05) is 5.75 Å². The second-order valence-electron chi connectivity index (χ2n) is 3.31. The van der Waals surface area contributed by atoms with Crippen molar-refractivity contribution >= 4 is 45.0 Å². The number of carboxylic acids is 1. The number of carboxylic acid groups (broad SMARTS) is 1. The summed E-state index contributed by atoms with van der Waals surface area (Å²) in [6.07, 6.45) is 0. The lowest BCUT2D eigenvalue weighted by atomic mass is 10.2. The second-order valence-corrected chi connectivity index (χ2v) is 6.24. The summed E-state index contributed by atoms with van der Waals surface area (Å²) in [5.74, 6) is -1.21. The van der Waals surface area contributed by atoms with Gasteiger partial charge in [-0.15, -0.1) is 11.3 Å². The van der Waals surface area contributed by atoms with E-state index in [1.165, 1.54) is 29.2 Å². The number of hydrogen-bond donors (Lipinski definition) is 1. The molecule has 18 heavy (non-hydrogen) atoms. The van der Waals surface area contributed by atoms with E-state index in [2.05, 4.69) is 20.9 Å². The molecule has 0 bridgehead atoms. The van der Waals surface area contributed by atoms with E-state index in [0.29, 0.717) is 14.5 Å². The SMILES string of the molecule is O=C(O)CSc1nc(-c2ccc(F)c(Br)c2)cs1. The number of rotatable bonds is 4. The number of thiazole rings is 1. The summed E-state index contributed by atoms with van der Waals surface area (Å²) in [5.41, 5.74) is 1.51. The fourth-order valence-corrected chi connectivity index (χ4v) is 3.17. The van der Waals surface area contributed by atoms with Gasteiger partial charge < -0.3 is 5.11 Å². The molecule has 0 spiro atoms. The van der Waals surface area contributed by atoms with E-state index in [1.807, 2.05) is 5.38 Å². The second kappa shape index (κ2) is 5.81. The maximum atomic E-state index is 13.1. The van der Waals surface area contributed by atoms with Crippen LogP contribution in [0.3, 0.4) is 0 Å². The third kappa shape index (κ3) is 3.30. The van der Waals surface area contributed by atoms with Crippen LogP contribution in [-0.2, 0) is 4.79 Å². The van der Waals surface area contributed by atoms with Crippen molar-refractivity contribution in [1.29, 1.82) is 0 Å². The molecule has 1 N–H and O–H groups in total. The van der Waals surface area contributed by atoms with Crippen LogP contribution in [0.1, 0.15) is 0 Å². The van der Waals surface area contributed by atoms with Gasteiger partial charge in [0.2, 0.25) is 0 Å². The van der Waals surface area contributed by atoms with Crippen molar-refractivity contribution in [2.24, 2.45) is 0 Å². The Hall–Kier alpha value is -0.920. The van der Waals surface area contributed by atoms with Crippen LogP contribution in [-0.4, -0.2) is 21.8 Å². The number of nitrogens with zero attached hydrogens (tertiary/aromatic N) is 1. The lowest BCUT2D eigenvalue weighted by molar-refractivity contribution is -0.133. The normalized spacial score (nSPS) is 10.6. The van der Waals surface area contributed by atoms with Gasteiger partial charge in [0, 0.05) is 10.9 Å². The first-order valence-corrected chi connectivity index (χ1v) is 7.47. The molecule has 1 aromatic carbocycles. The average Bonchev–Trinajstić information content (AvgIpc) is 2.79. The van der Waals surface area contributed by atoms with E-state index >= 15 is 0 Å². The molecular weight excluding hydrogens is 341 g/mol. The number of benzene rings is 1. The number of aromatic nitrogens is 1. The van der Waals surface area contributed by atoms with Crippen LogP contribution in [0.25, 0.3) is 11.3 Å². The van der Waals surface area contributed by atoms with Crippen LogP contribution in [0.2, 0.25) is 0 Å². The zero-order valence-electron chi connectivity index (χ0n) is 8.89. The van der Waals surface area contributed by atoms with Crippen LogP contribution in [0.4, 0.5) is 4.39 Å². The Morgan fingerprint density at radius 1 is 1.56 bits per heavy atom. The summed E-state index contributed by atoms with van der Waals surface area (Å²) in [6, 6.07) is 4.65. The smallest absolute Gasteiger partial charge is 0.313 e. The van der Waals surface area contributed by atoms with Gasteiger partial charge in [-0.1, -0.05) is 11.8 Å². The van der Waals surface area contributed by atoms with Crippen LogP contribution in [0, 0.1) is 5.82 Å². The monoisotopic (exact) mass is 347 g/mol. The van der Waals surface area contributed by atoms with Crippen LogP contribution in [0.15, 0.2) is 32.4 Å². The van der Waals surface area contributed by atoms with Crippen molar-refractivity contribution in [2.45, 2.75) is 4.34 Å². The lowest BCUT2D eigenvalue weighted by Gasteiger charge is -1.98. The van der Waals surface area contributed by atoms with Gasteiger partial charge in [0.05, 0.1) is 15.9 Å². The van der Waals surface area contributed by atoms with Gasteiger partial charge in [-0.3, -0.25) is 4.79 Å². The molecule has 1 heterocycles. The predicted molar refractivity (Wildman–Crippen MR) is 73.6 cm³/mol. The third-order valence-corrected chi connectivity index (χ3v) is 4.63. The highest BCUT2D eigenvalue weighted by Crippen LogP contribution is 2.30. The van der Waals surface area contributed by atoms with Crippen LogP contribution in [0.5, 0.6) is 0 Å². The van der Waals surface area contributed by atoms with Gasteiger partial charge in [-0.2, -0.15) is 0 Å². The number of thioether (sulfide) groups is 1. The molecule has 0 unspecified atom stereocenters. The molecule has 2 rings (SSSR count). The standard InChI is InChI=1S/C11H7BrFNO2S2/c12-7-3-6(1-2-8(7)13)9-4-17-11(14-9)18-5-10(15)16/h1-4H,5H2,(H,15,16). The largest absolute Gasteiger partial charge is 0.481 e. The topological polar surface area (TPSA) is 50.2 Å². The number of carbonyl (C=O) groups is 1. The minimum atomic E-state index is -0.874. The molecule has 2 aromatic rings. The number of aliphatic carboxylic acids is 1. The Morgan fingerprint density at radius 3 is 3.00 bits per heavy atom. The highest BCUT2D eigenvalue weighted by Gasteiger charge is 2.08. The van der Waals surface area contributed by atoms with Gasteiger partial charge in [0.1, 0.15) is 5.82 Å². The fourth-order valence-electron chi connectivity index (χ4n) is 1.24. The summed E-state index contributed by atoms with van der Waals surface area (Å²) in [5, 5.41) is 10.4. The Balaban J connectivity index is 2.18. The quantitative estimate of drug-likeness (QED) is 0.852. The van der Waals surface area contributed by atoms with Crippen molar-refractivity contribution in [1.82, 2.24) is 4.98 Å². The van der Waals surface area contributed by atoms with E-state index in [-0.39, 0.29) is 11.6 Å². The maximum absolute atomic E-state index is 13.1. The molecule has 7 heteroatoms. The van der Waals surface area contributed by atoms with E-state index < -0.39 is 5.97 Å². The van der Waals surface area contributed by atoms with Gasteiger partial charge in [0.25, 0.3) is 0 Å². The highest BCUT2D eigenvalue weighted by molar-refractivity contribution is 9.10. The molecule has 0 fully saturated rings. The van der Waals surface area contributed by atoms with Crippen molar-refractivity contribution in [3.05, 3.63) is 33.9 Å². The average molecular weight is 348 g/mol. The molecule has 0 atom stereocenters. The summed E-state index contributed by atoms with van der Waals surface area (Å²) in [4.78, 5) is 14.7. The molecule has 0 radical (unpaired) electrons. The van der Waals surface area contributed by atoms with Gasteiger partial charge >= 0.3 is 5.97 Å². The summed E-state index contributed by atoms with van der Waals surface area (Å²) >= 11 is 5.67. The molecule has 0 aliphatic heterocycles. The summed E-state index contributed by atoms with van der Waals surface area (Å²) < 4.78 is 14.2. The first kappa shape index (κ1) is 13.5. The van der Waals surface area contributed by atoms with E-state index in [1.54, 1.807) is 12.1 Å². The minimum Gasteiger partial charge on any atom is -0.481 e. The predicted octanol–water partition coefficient (Wildman–Crippen LogP) is 3.89. The maximum Gasteiger partial charge on any atom is 0.313 e. The fraction of sp³-hybridized carbons (Fsp3) is 0.0909. The van der Waals surface area contributed by atoms with E-state index in [4.69, 9.17) is 5.11 Å². The van der Waals surface area contributed by atoms with E-state index in [9.17, 15) is 9.18 Å². The van der Waals surface area contributed by atoms with Crippen molar-refractivity contribution < 1.29 is 14.3 Å². The van der Waals surface area contributed by atoms with E-state index in [0.717, 1.165) is 5.56 Å². The first-order valence-electron chi connectivity index (χ1n) is 4.82. The summed E-state index contributed by atoms with van der Waals surface area (Å²) in [6.45, 7) is 0. The lowest BCUT2D eigenvalue weighted by Crippen LogP contribution is -1.96. The van der Waals surface area contributed by atoms with Crippen molar-refractivity contribution in [3.63, 3.8) is 0 Å². The van der Waals surface area contributed by atoms with Gasteiger partial charge in [-0.25, -0.2) is 9.37 Å². The molecule has 0 saturated heterocycles. The molecule has 0 aliphatic carbocycles. The zero-order chi connectivity index (χ0) is 13.1. The number of halogens is 2. The molecular formula is C11H7BrFNO2S2. The highest BCUT2D eigenvalue weighted by atomic mass is 79.9. The molecule has 0 amide bonds. The Kier molecular flexibility index (Phi) is 4.36. The number of hydrogen-bond acceptors (Lipinski definition) is 4. The molecule has 94 valence electrons.